The van der Waals surface area contributed by atoms with E-state index in [1.54, 1.807) is 0 Å². The molecule has 3 nitrogen and oxygen atoms in total. The average Bonchev–Trinajstić information content (AvgIpc) is 2.23. The topological polar surface area (TPSA) is 46.2 Å². The zero-order chi connectivity index (χ0) is 13.1. The van der Waals surface area contributed by atoms with Crippen LogP contribution in [0, 0.1) is 17.3 Å². The lowest BCUT2D eigenvalue weighted by Crippen LogP contribution is -2.52. The molecule has 1 saturated heterocycles. The summed E-state index contributed by atoms with van der Waals surface area (Å²) < 4.78 is 0. The van der Waals surface area contributed by atoms with E-state index in [2.05, 4.69) is 33.0 Å². The van der Waals surface area contributed by atoms with E-state index in [9.17, 15) is 9.59 Å². The van der Waals surface area contributed by atoms with Gasteiger partial charge in [0.2, 0.25) is 11.8 Å². The fraction of sp³-hybridized carbons (Fsp3) is 0.857. The molecule has 17 heavy (non-hydrogen) atoms. The Bertz CT molecular complexity index is 299. The van der Waals surface area contributed by atoms with Crippen LogP contribution in [0.4, 0.5) is 0 Å². The number of carbonyl (C=O) groups is 2. The zero-order valence-electron chi connectivity index (χ0n) is 11.5. The second-order valence-electron chi connectivity index (χ2n) is 5.74. The first kappa shape index (κ1) is 14.2. The molecule has 1 fully saturated rings. The summed E-state index contributed by atoms with van der Waals surface area (Å²) in [7, 11) is 0. The van der Waals surface area contributed by atoms with Crippen LogP contribution >= 0.6 is 0 Å². The van der Waals surface area contributed by atoms with Gasteiger partial charge in [-0.25, -0.2) is 0 Å². The molecule has 1 heterocycles. The Kier molecular flexibility index (Phi) is 4.72. The van der Waals surface area contributed by atoms with Crippen LogP contribution in [-0.2, 0) is 9.59 Å². The molecule has 2 amide bonds. The van der Waals surface area contributed by atoms with E-state index in [1.807, 2.05) is 0 Å². The Morgan fingerprint density at radius 3 is 2.47 bits per heavy atom. The smallest absolute Gasteiger partial charge is 0.230 e. The van der Waals surface area contributed by atoms with E-state index in [1.165, 1.54) is 0 Å². The van der Waals surface area contributed by atoms with Crippen LogP contribution in [0.1, 0.15) is 59.8 Å². The molecule has 2 atom stereocenters. The monoisotopic (exact) mass is 239 g/mol. The summed E-state index contributed by atoms with van der Waals surface area (Å²) in [5, 5.41) is 2.50. The lowest BCUT2D eigenvalue weighted by molar-refractivity contribution is -0.145. The van der Waals surface area contributed by atoms with Crippen molar-refractivity contribution >= 4 is 11.8 Å². The number of hydrogen-bond donors (Lipinski definition) is 1. The van der Waals surface area contributed by atoms with Gasteiger partial charge >= 0.3 is 0 Å². The first-order valence-electron chi connectivity index (χ1n) is 6.79. The van der Waals surface area contributed by atoms with Gasteiger partial charge < -0.3 is 0 Å². The molecule has 0 aromatic heterocycles. The van der Waals surface area contributed by atoms with Gasteiger partial charge in [-0.2, -0.15) is 0 Å². The van der Waals surface area contributed by atoms with Gasteiger partial charge in [-0.1, -0.05) is 34.1 Å². The van der Waals surface area contributed by atoms with Gasteiger partial charge in [0.15, 0.2) is 0 Å². The third-order valence-electron chi connectivity index (χ3n) is 3.99. The Morgan fingerprint density at radius 2 is 2.00 bits per heavy atom. The number of rotatable bonds is 5. The number of carbonyl (C=O) groups excluding carboxylic acids is 2. The Hall–Kier alpha value is -0.860. The maximum Gasteiger partial charge on any atom is 0.230 e. The van der Waals surface area contributed by atoms with Gasteiger partial charge in [0.1, 0.15) is 0 Å². The van der Waals surface area contributed by atoms with Crippen molar-refractivity contribution in [1.29, 1.82) is 0 Å². The van der Waals surface area contributed by atoms with Crippen LogP contribution in [-0.4, -0.2) is 11.8 Å². The highest BCUT2D eigenvalue weighted by molar-refractivity contribution is 5.99. The van der Waals surface area contributed by atoms with Crippen LogP contribution in [0.5, 0.6) is 0 Å². The molecule has 1 N–H and O–H groups in total. The molecular weight excluding hydrogens is 214 g/mol. The van der Waals surface area contributed by atoms with E-state index >= 15 is 0 Å². The van der Waals surface area contributed by atoms with Crippen molar-refractivity contribution in [3.8, 4) is 0 Å². The second-order valence-corrected chi connectivity index (χ2v) is 5.74. The van der Waals surface area contributed by atoms with Gasteiger partial charge in [-0.05, 0) is 30.6 Å². The molecule has 0 aliphatic carbocycles. The van der Waals surface area contributed by atoms with E-state index in [4.69, 9.17) is 0 Å². The zero-order valence-corrected chi connectivity index (χ0v) is 11.5. The first-order chi connectivity index (χ1) is 7.95. The Labute approximate surface area is 104 Å². The second kappa shape index (κ2) is 5.65. The van der Waals surface area contributed by atoms with Crippen molar-refractivity contribution in [3.63, 3.8) is 0 Å². The van der Waals surface area contributed by atoms with Crippen molar-refractivity contribution in [2.45, 2.75) is 59.8 Å². The fourth-order valence-corrected chi connectivity index (χ4v) is 3.13. The first-order valence-corrected chi connectivity index (χ1v) is 6.79. The summed E-state index contributed by atoms with van der Waals surface area (Å²) in [5.41, 5.74) is -0.0988. The van der Waals surface area contributed by atoms with Gasteiger partial charge in [0.25, 0.3) is 0 Å². The Morgan fingerprint density at radius 1 is 1.35 bits per heavy atom. The minimum Gasteiger partial charge on any atom is -0.296 e. The maximum absolute atomic E-state index is 12.1. The van der Waals surface area contributed by atoms with E-state index in [-0.39, 0.29) is 23.1 Å². The molecule has 0 radical (unpaired) electrons. The molecule has 0 spiro atoms. The molecule has 0 aromatic rings. The molecule has 1 rings (SSSR count). The highest BCUT2D eigenvalue weighted by Gasteiger charge is 2.46. The molecule has 98 valence electrons. The number of amides is 2. The average molecular weight is 239 g/mol. The quantitative estimate of drug-likeness (QED) is 0.750. The predicted molar refractivity (Wildman–Crippen MR) is 68.3 cm³/mol. The van der Waals surface area contributed by atoms with Crippen LogP contribution < -0.4 is 5.32 Å². The van der Waals surface area contributed by atoms with Gasteiger partial charge in [0.05, 0.1) is 0 Å². The van der Waals surface area contributed by atoms with Crippen LogP contribution in [0.3, 0.4) is 0 Å². The van der Waals surface area contributed by atoms with Gasteiger partial charge in [0, 0.05) is 12.3 Å². The third kappa shape index (κ3) is 3.08. The normalized spacial score (nSPS) is 29.6. The predicted octanol–water partition coefficient (Wildman–Crippen LogP) is 2.89. The van der Waals surface area contributed by atoms with E-state index in [0.717, 1.165) is 25.7 Å². The fourth-order valence-electron chi connectivity index (χ4n) is 3.13. The van der Waals surface area contributed by atoms with Crippen molar-refractivity contribution in [2.24, 2.45) is 17.3 Å². The Balaban J connectivity index is 2.98. The van der Waals surface area contributed by atoms with Crippen LogP contribution in [0.25, 0.3) is 0 Å². The van der Waals surface area contributed by atoms with E-state index in [0.29, 0.717) is 12.3 Å². The number of piperidine rings is 1. The highest BCUT2D eigenvalue weighted by atomic mass is 16.2. The molecule has 1 aliphatic heterocycles. The van der Waals surface area contributed by atoms with Gasteiger partial charge in [-0.15, -0.1) is 0 Å². The summed E-state index contributed by atoms with van der Waals surface area (Å²) in [6, 6.07) is 0. The summed E-state index contributed by atoms with van der Waals surface area (Å²) in [6.45, 7) is 8.50. The molecule has 2 unspecified atom stereocenters. The highest BCUT2D eigenvalue weighted by Crippen LogP contribution is 2.45. The number of hydrogen-bond acceptors (Lipinski definition) is 2. The molecule has 0 bridgehead atoms. The number of imide groups is 1. The van der Waals surface area contributed by atoms with Crippen molar-refractivity contribution < 1.29 is 9.59 Å². The SMILES string of the molecule is CCCC1(CC)CC(=O)NC(=O)C1CC(C)C. The molecular formula is C14H25NO2. The summed E-state index contributed by atoms with van der Waals surface area (Å²) in [5.74, 6) is 0.349. The summed E-state index contributed by atoms with van der Waals surface area (Å²) >= 11 is 0. The van der Waals surface area contributed by atoms with Gasteiger partial charge in [-0.3, -0.25) is 14.9 Å². The lowest BCUT2D eigenvalue weighted by Gasteiger charge is -2.43. The van der Waals surface area contributed by atoms with Crippen molar-refractivity contribution in [3.05, 3.63) is 0 Å². The standard InChI is InChI=1S/C14H25NO2/c1-5-7-14(6-2)9-12(16)15-13(17)11(14)8-10(3)4/h10-11H,5-9H2,1-4H3,(H,15,16,17). The molecule has 0 saturated carbocycles. The lowest BCUT2D eigenvalue weighted by atomic mass is 9.63. The largest absolute Gasteiger partial charge is 0.296 e. The summed E-state index contributed by atoms with van der Waals surface area (Å²) in [6.07, 6.45) is 4.31. The van der Waals surface area contributed by atoms with Crippen molar-refractivity contribution in [1.82, 2.24) is 5.32 Å². The van der Waals surface area contributed by atoms with Crippen molar-refractivity contribution in [2.75, 3.05) is 0 Å². The minimum absolute atomic E-state index is 0.00477. The minimum atomic E-state index is -0.0988. The molecule has 0 aromatic carbocycles. The van der Waals surface area contributed by atoms with Crippen LogP contribution in [0.15, 0.2) is 0 Å². The molecule has 3 heteroatoms. The summed E-state index contributed by atoms with van der Waals surface area (Å²) in [4.78, 5) is 23.7. The van der Waals surface area contributed by atoms with Crippen LogP contribution in [0.2, 0.25) is 0 Å². The maximum atomic E-state index is 12.1. The third-order valence-corrected chi connectivity index (χ3v) is 3.99. The number of nitrogens with one attached hydrogen (secondary N) is 1. The molecule has 1 aliphatic rings. The van der Waals surface area contributed by atoms with E-state index < -0.39 is 0 Å².